The maximum Gasteiger partial charge on any atom is 0.307 e. The number of carboxylic acids is 1. The van der Waals surface area contributed by atoms with Crippen molar-refractivity contribution < 1.29 is 23.8 Å². The number of carbonyl (C=O) groups excluding carboxylic acids is 1. The first-order valence-electron chi connectivity index (χ1n) is 13.8. The quantitative estimate of drug-likeness (QED) is 0.412. The lowest BCUT2D eigenvalue weighted by molar-refractivity contribution is -0.136. The van der Waals surface area contributed by atoms with E-state index in [1.807, 2.05) is 24.3 Å². The molecule has 3 aliphatic rings. The highest BCUT2D eigenvalue weighted by molar-refractivity contribution is 5.91. The molecule has 2 saturated heterocycles. The Morgan fingerprint density at radius 3 is 2.67 bits per heavy atom. The van der Waals surface area contributed by atoms with Gasteiger partial charge in [-0.15, -0.1) is 0 Å². The van der Waals surface area contributed by atoms with E-state index in [0.29, 0.717) is 18.1 Å². The van der Waals surface area contributed by atoms with E-state index in [9.17, 15) is 9.59 Å². The van der Waals surface area contributed by atoms with Gasteiger partial charge in [-0.2, -0.15) is 0 Å². The number of carboxylic acid groups (broad SMARTS) is 1. The predicted octanol–water partition coefficient (Wildman–Crippen LogP) is 5.29. The normalized spacial score (nSPS) is 25.8. The standard InChI is InChI=1S/C29H38N2O5/c32-26(33)17-21-11-6-10-20(15-21)16-22-24-12-13-25(36-24)27(22)29-31-23(18-35-29)28(34)30-14-5-4-9-19-7-2-1-3-8-19/h6,10-11,15,18-19,22,24-25,27H,1-5,7-9,12-14,16-17H2,(H,30,34)(H,32,33)/t22-,24+,25-,27+/m1/s1. The summed E-state index contributed by atoms with van der Waals surface area (Å²) in [5.41, 5.74) is 2.23. The third-order valence-corrected chi connectivity index (χ3v) is 8.33. The number of benzene rings is 1. The number of aromatic nitrogens is 1. The molecule has 7 nitrogen and oxygen atoms in total. The first kappa shape index (κ1) is 25.0. The highest BCUT2D eigenvalue weighted by Gasteiger charge is 2.51. The molecule has 1 amide bonds. The summed E-state index contributed by atoms with van der Waals surface area (Å²) < 4.78 is 12.1. The third kappa shape index (κ3) is 6.00. The van der Waals surface area contributed by atoms with Crippen LogP contribution in [0, 0.1) is 11.8 Å². The van der Waals surface area contributed by atoms with Crippen LogP contribution >= 0.6 is 0 Å². The van der Waals surface area contributed by atoms with Gasteiger partial charge >= 0.3 is 5.97 Å². The molecule has 2 aromatic rings. The molecular weight excluding hydrogens is 456 g/mol. The minimum atomic E-state index is -0.830. The van der Waals surface area contributed by atoms with Gasteiger partial charge in [0.2, 0.25) is 5.89 Å². The summed E-state index contributed by atoms with van der Waals surface area (Å²) in [4.78, 5) is 28.4. The largest absolute Gasteiger partial charge is 0.481 e. The number of hydrogen-bond acceptors (Lipinski definition) is 5. The number of ether oxygens (including phenoxy) is 1. The van der Waals surface area contributed by atoms with E-state index in [4.69, 9.17) is 14.3 Å². The van der Waals surface area contributed by atoms with Crippen LogP contribution in [-0.2, 0) is 22.4 Å². The predicted molar refractivity (Wildman–Crippen MR) is 135 cm³/mol. The zero-order valence-electron chi connectivity index (χ0n) is 21.0. The number of hydrogen-bond donors (Lipinski definition) is 2. The van der Waals surface area contributed by atoms with Crippen molar-refractivity contribution in [2.45, 2.75) is 95.2 Å². The van der Waals surface area contributed by atoms with Gasteiger partial charge in [0, 0.05) is 12.5 Å². The van der Waals surface area contributed by atoms with Crippen molar-refractivity contribution in [3.05, 3.63) is 53.2 Å². The maximum atomic E-state index is 12.7. The monoisotopic (exact) mass is 494 g/mol. The molecule has 0 spiro atoms. The van der Waals surface area contributed by atoms with Crippen LogP contribution in [0.4, 0.5) is 0 Å². The summed E-state index contributed by atoms with van der Waals surface area (Å²) in [6.07, 6.45) is 14.7. The molecule has 4 atom stereocenters. The average molecular weight is 495 g/mol. The molecule has 36 heavy (non-hydrogen) atoms. The minimum absolute atomic E-state index is 0.00363. The molecule has 2 N–H and O–H groups in total. The number of carbonyl (C=O) groups is 2. The van der Waals surface area contributed by atoms with Crippen molar-refractivity contribution in [3.8, 4) is 0 Å². The van der Waals surface area contributed by atoms with Gasteiger partial charge in [-0.05, 0) is 42.7 Å². The van der Waals surface area contributed by atoms with Gasteiger partial charge in [0.15, 0.2) is 5.69 Å². The molecule has 2 aliphatic heterocycles. The topological polar surface area (TPSA) is 102 Å². The molecule has 3 heterocycles. The number of amides is 1. The van der Waals surface area contributed by atoms with Crippen molar-refractivity contribution in [2.24, 2.45) is 11.8 Å². The van der Waals surface area contributed by atoms with Gasteiger partial charge in [-0.25, -0.2) is 4.98 Å². The number of unbranched alkanes of at least 4 members (excludes halogenated alkanes) is 1. The van der Waals surface area contributed by atoms with Crippen LogP contribution in [0.15, 0.2) is 34.9 Å². The lowest BCUT2D eigenvalue weighted by Crippen LogP contribution is -2.28. The lowest BCUT2D eigenvalue weighted by Gasteiger charge is -2.26. The number of rotatable bonds is 11. The van der Waals surface area contributed by atoms with Crippen LogP contribution in [0.1, 0.15) is 97.6 Å². The summed E-state index contributed by atoms with van der Waals surface area (Å²) in [6, 6.07) is 7.78. The van der Waals surface area contributed by atoms with Crippen LogP contribution < -0.4 is 5.32 Å². The van der Waals surface area contributed by atoms with E-state index in [1.54, 1.807) is 0 Å². The SMILES string of the molecule is O=C(O)Cc1cccc(C[C@H]2[C@H](c3nc(C(=O)NCCCCC4CCCCC4)co3)[C@H]3CC[C@@H]2O3)c1. The number of nitrogens with zero attached hydrogens (tertiary/aromatic N) is 1. The summed E-state index contributed by atoms with van der Waals surface area (Å²) in [5.74, 6) is 0.648. The number of nitrogens with one attached hydrogen (secondary N) is 1. The molecule has 1 saturated carbocycles. The Labute approximate surface area is 213 Å². The minimum Gasteiger partial charge on any atom is -0.481 e. The van der Waals surface area contributed by atoms with Crippen molar-refractivity contribution in [3.63, 3.8) is 0 Å². The molecular formula is C29H38N2O5. The number of fused-ring (bicyclic) bond motifs is 2. The highest BCUT2D eigenvalue weighted by atomic mass is 16.5. The number of aliphatic carboxylic acids is 1. The Hall–Kier alpha value is -2.67. The van der Waals surface area contributed by atoms with Crippen LogP contribution in [0.5, 0.6) is 0 Å². The second kappa shape index (κ2) is 11.6. The van der Waals surface area contributed by atoms with E-state index < -0.39 is 5.97 Å². The molecule has 0 radical (unpaired) electrons. The first-order valence-corrected chi connectivity index (χ1v) is 13.8. The van der Waals surface area contributed by atoms with Gasteiger partial charge in [0.05, 0.1) is 24.5 Å². The zero-order chi connectivity index (χ0) is 24.9. The van der Waals surface area contributed by atoms with Gasteiger partial charge < -0.3 is 19.6 Å². The zero-order valence-corrected chi connectivity index (χ0v) is 21.0. The van der Waals surface area contributed by atoms with Crippen molar-refractivity contribution in [1.82, 2.24) is 10.3 Å². The summed E-state index contributed by atoms with van der Waals surface area (Å²) in [6.45, 7) is 0.667. The van der Waals surface area contributed by atoms with Crippen molar-refractivity contribution >= 4 is 11.9 Å². The highest BCUT2D eigenvalue weighted by Crippen LogP contribution is 2.49. The molecule has 1 aromatic heterocycles. The Kier molecular flexibility index (Phi) is 8.05. The van der Waals surface area contributed by atoms with Crippen LogP contribution in [-0.4, -0.2) is 40.7 Å². The van der Waals surface area contributed by atoms with Gasteiger partial charge in [0.25, 0.3) is 5.91 Å². The van der Waals surface area contributed by atoms with E-state index >= 15 is 0 Å². The molecule has 0 unspecified atom stereocenters. The summed E-state index contributed by atoms with van der Waals surface area (Å²) in [7, 11) is 0. The van der Waals surface area contributed by atoms with E-state index in [1.165, 1.54) is 44.8 Å². The fourth-order valence-corrected chi connectivity index (χ4v) is 6.56. The van der Waals surface area contributed by atoms with Crippen molar-refractivity contribution in [1.29, 1.82) is 0 Å². The van der Waals surface area contributed by atoms with Gasteiger partial charge in [-0.3, -0.25) is 9.59 Å². The molecule has 5 rings (SSSR count). The number of oxazole rings is 1. The molecule has 1 aliphatic carbocycles. The lowest BCUT2D eigenvalue weighted by atomic mass is 9.76. The van der Waals surface area contributed by atoms with Crippen molar-refractivity contribution in [2.75, 3.05) is 6.54 Å². The summed E-state index contributed by atoms with van der Waals surface area (Å²) in [5, 5.41) is 12.1. The van der Waals surface area contributed by atoms with Crippen LogP contribution in [0.3, 0.4) is 0 Å². The third-order valence-electron chi connectivity index (χ3n) is 8.33. The first-order chi connectivity index (χ1) is 17.6. The fourth-order valence-electron chi connectivity index (χ4n) is 6.56. The second-order valence-electron chi connectivity index (χ2n) is 10.9. The van der Waals surface area contributed by atoms with Crippen LogP contribution in [0.25, 0.3) is 0 Å². The van der Waals surface area contributed by atoms with E-state index in [2.05, 4.69) is 10.3 Å². The smallest absolute Gasteiger partial charge is 0.307 e. The molecule has 7 heteroatoms. The Bertz CT molecular complexity index is 1040. The molecule has 194 valence electrons. The molecule has 3 fully saturated rings. The average Bonchev–Trinajstić information content (AvgIpc) is 3.61. The Morgan fingerprint density at radius 2 is 1.83 bits per heavy atom. The van der Waals surface area contributed by atoms with Gasteiger partial charge in [0.1, 0.15) is 6.26 Å². The summed E-state index contributed by atoms with van der Waals surface area (Å²) >= 11 is 0. The fraction of sp³-hybridized carbons (Fsp3) is 0.621. The second-order valence-corrected chi connectivity index (χ2v) is 10.9. The van der Waals surface area contributed by atoms with Crippen LogP contribution in [0.2, 0.25) is 0 Å². The molecule has 2 bridgehead atoms. The molecule has 1 aromatic carbocycles. The van der Waals surface area contributed by atoms with E-state index in [-0.39, 0.29) is 36.4 Å². The van der Waals surface area contributed by atoms with Gasteiger partial charge in [-0.1, -0.05) is 69.2 Å². The maximum absolute atomic E-state index is 12.7. The van der Waals surface area contributed by atoms with E-state index in [0.717, 1.165) is 49.1 Å². The Morgan fingerprint density at radius 1 is 1.03 bits per heavy atom. The Balaban J connectivity index is 1.16.